The van der Waals surface area contributed by atoms with Crippen molar-refractivity contribution in [2.45, 2.75) is 33.1 Å². The summed E-state index contributed by atoms with van der Waals surface area (Å²) < 4.78 is 5.46. The third kappa shape index (κ3) is 5.63. The molecular formula is C20H33N3O2. The summed E-state index contributed by atoms with van der Waals surface area (Å²) in [6.07, 6.45) is 2.92. The first-order valence-electron chi connectivity index (χ1n) is 9.57. The van der Waals surface area contributed by atoms with Gasteiger partial charge in [0.2, 0.25) is 5.91 Å². The number of piperazine rings is 1. The molecule has 5 heteroatoms. The Morgan fingerprint density at radius 2 is 1.68 bits per heavy atom. The Hall–Kier alpha value is -1.75. The summed E-state index contributed by atoms with van der Waals surface area (Å²) in [7, 11) is 1.71. The molecule has 1 fully saturated rings. The molecule has 0 radical (unpaired) electrons. The monoisotopic (exact) mass is 347 g/mol. The summed E-state index contributed by atoms with van der Waals surface area (Å²) in [5, 5.41) is 0. The minimum atomic E-state index is 0.289. The first-order chi connectivity index (χ1) is 12.2. The van der Waals surface area contributed by atoms with Gasteiger partial charge in [0, 0.05) is 39.1 Å². The lowest BCUT2D eigenvalue weighted by atomic mass is 10.2. The van der Waals surface area contributed by atoms with Crippen molar-refractivity contribution in [2.24, 2.45) is 0 Å². The van der Waals surface area contributed by atoms with Crippen LogP contribution in [0.1, 0.15) is 33.1 Å². The van der Waals surface area contributed by atoms with Gasteiger partial charge in [-0.3, -0.25) is 4.79 Å². The normalized spacial score (nSPS) is 14.9. The van der Waals surface area contributed by atoms with E-state index in [1.54, 1.807) is 7.11 Å². The van der Waals surface area contributed by atoms with Gasteiger partial charge in [0.05, 0.1) is 12.8 Å². The lowest BCUT2D eigenvalue weighted by molar-refractivity contribution is -0.131. The van der Waals surface area contributed by atoms with Crippen LogP contribution in [0.4, 0.5) is 5.69 Å². The molecule has 1 heterocycles. The summed E-state index contributed by atoms with van der Waals surface area (Å²) >= 11 is 0. The third-order valence-corrected chi connectivity index (χ3v) is 4.78. The van der Waals surface area contributed by atoms with Gasteiger partial charge in [-0.25, -0.2) is 0 Å². The molecular weight excluding hydrogens is 314 g/mol. The summed E-state index contributed by atoms with van der Waals surface area (Å²) in [6, 6.07) is 8.10. The van der Waals surface area contributed by atoms with E-state index in [1.165, 1.54) is 0 Å². The van der Waals surface area contributed by atoms with Crippen molar-refractivity contribution < 1.29 is 9.53 Å². The number of carbonyl (C=O) groups is 1. The molecule has 1 saturated heterocycles. The number of hydrogen-bond donors (Lipinski definition) is 0. The Balaban J connectivity index is 1.82. The van der Waals surface area contributed by atoms with E-state index < -0.39 is 0 Å². The molecule has 1 aromatic rings. The molecule has 0 aromatic heterocycles. The van der Waals surface area contributed by atoms with E-state index in [0.717, 1.165) is 70.1 Å². The van der Waals surface area contributed by atoms with Crippen LogP contribution in [0.2, 0.25) is 0 Å². The fourth-order valence-electron chi connectivity index (χ4n) is 3.47. The zero-order chi connectivity index (χ0) is 18.1. The number of carbonyl (C=O) groups excluding carboxylic acids is 1. The highest BCUT2D eigenvalue weighted by Crippen LogP contribution is 2.28. The van der Waals surface area contributed by atoms with Crippen LogP contribution in [-0.4, -0.2) is 68.6 Å². The average molecular weight is 348 g/mol. The van der Waals surface area contributed by atoms with Crippen molar-refractivity contribution in [1.29, 1.82) is 0 Å². The maximum atomic E-state index is 12.5. The van der Waals surface area contributed by atoms with Crippen molar-refractivity contribution >= 4 is 11.6 Å². The van der Waals surface area contributed by atoms with Gasteiger partial charge in [0.15, 0.2) is 0 Å². The summed E-state index contributed by atoms with van der Waals surface area (Å²) in [6.45, 7) is 10.7. The Kier molecular flexibility index (Phi) is 8.06. The van der Waals surface area contributed by atoms with Crippen LogP contribution in [0.25, 0.3) is 0 Å². The number of methoxy groups -OCH3 is 1. The van der Waals surface area contributed by atoms with Gasteiger partial charge in [-0.2, -0.15) is 0 Å². The molecule has 5 nitrogen and oxygen atoms in total. The summed E-state index contributed by atoms with van der Waals surface area (Å²) in [4.78, 5) is 19.3. The van der Waals surface area contributed by atoms with Gasteiger partial charge in [0.25, 0.3) is 0 Å². The first kappa shape index (κ1) is 19.6. The van der Waals surface area contributed by atoms with Gasteiger partial charge in [-0.05, 0) is 38.1 Å². The molecule has 0 unspecified atom stereocenters. The lowest BCUT2D eigenvalue weighted by Gasteiger charge is -2.37. The number of rotatable bonds is 9. The van der Waals surface area contributed by atoms with Crippen LogP contribution in [0, 0.1) is 0 Å². The second-order valence-electron chi connectivity index (χ2n) is 6.63. The maximum Gasteiger partial charge on any atom is 0.223 e. The van der Waals surface area contributed by atoms with E-state index in [2.05, 4.69) is 29.7 Å². The second-order valence-corrected chi connectivity index (χ2v) is 6.63. The summed E-state index contributed by atoms with van der Waals surface area (Å²) in [5.41, 5.74) is 1.12. The molecule has 25 heavy (non-hydrogen) atoms. The number of nitrogens with zero attached hydrogens (tertiary/aromatic N) is 3. The Bertz CT molecular complexity index is 521. The van der Waals surface area contributed by atoms with Crippen LogP contribution in [0.5, 0.6) is 5.75 Å². The van der Waals surface area contributed by atoms with Crippen LogP contribution >= 0.6 is 0 Å². The van der Waals surface area contributed by atoms with Gasteiger partial charge in [-0.1, -0.05) is 26.0 Å². The first-order valence-corrected chi connectivity index (χ1v) is 9.57. The van der Waals surface area contributed by atoms with Gasteiger partial charge in [-0.15, -0.1) is 0 Å². The molecule has 1 aliphatic heterocycles. The zero-order valence-electron chi connectivity index (χ0n) is 16.0. The zero-order valence-corrected chi connectivity index (χ0v) is 16.0. The number of ether oxygens (including phenoxy) is 1. The van der Waals surface area contributed by atoms with Crippen LogP contribution in [-0.2, 0) is 4.79 Å². The predicted octanol–water partition coefficient (Wildman–Crippen LogP) is 2.86. The number of anilines is 1. The summed E-state index contributed by atoms with van der Waals surface area (Å²) in [5.74, 6) is 1.19. The molecule has 0 N–H and O–H groups in total. The molecule has 2 rings (SSSR count). The van der Waals surface area contributed by atoms with E-state index in [-0.39, 0.29) is 5.91 Å². The predicted molar refractivity (Wildman–Crippen MR) is 103 cm³/mol. The third-order valence-electron chi connectivity index (χ3n) is 4.78. The quantitative estimate of drug-likeness (QED) is 0.688. The van der Waals surface area contributed by atoms with Crippen LogP contribution in [0.3, 0.4) is 0 Å². The van der Waals surface area contributed by atoms with E-state index >= 15 is 0 Å². The van der Waals surface area contributed by atoms with Gasteiger partial charge < -0.3 is 19.4 Å². The molecule has 0 atom stereocenters. The van der Waals surface area contributed by atoms with E-state index in [4.69, 9.17) is 4.74 Å². The highest BCUT2D eigenvalue weighted by Gasteiger charge is 2.22. The fraction of sp³-hybridized carbons (Fsp3) is 0.650. The molecule has 1 aromatic carbocycles. The van der Waals surface area contributed by atoms with Crippen LogP contribution in [0.15, 0.2) is 24.3 Å². The molecule has 0 aliphatic carbocycles. The largest absolute Gasteiger partial charge is 0.495 e. The average Bonchev–Trinajstić information content (AvgIpc) is 2.66. The molecule has 0 bridgehead atoms. The van der Waals surface area contributed by atoms with Crippen molar-refractivity contribution in [3.8, 4) is 5.75 Å². The smallest absolute Gasteiger partial charge is 0.223 e. The molecule has 1 aliphatic rings. The molecule has 0 spiro atoms. The fourth-order valence-corrected chi connectivity index (χ4v) is 3.47. The lowest BCUT2D eigenvalue weighted by Crippen LogP contribution is -2.49. The van der Waals surface area contributed by atoms with E-state index in [1.807, 2.05) is 23.1 Å². The standard InChI is InChI=1S/C20H33N3O2/c1-4-11-21(12-5-2)13-10-20(24)23-16-14-22(15-17-23)18-8-6-7-9-19(18)25-3/h6-9H,4-5,10-17H2,1-3H3. The SMILES string of the molecule is CCCN(CCC)CCC(=O)N1CCN(c2ccccc2OC)CC1. The molecule has 1 amide bonds. The minimum absolute atomic E-state index is 0.289. The Morgan fingerprint density at radius 3 is 2.28 bits per heavy atom. The number of para-hydroxylation sites is 2. The maximum absolute atomic E-state index is 12.5. The Labute approximate surface area is 152 Å². The second kappa shape index (κ2) is 10.3. The van der Waals surface area contributed by atoms with Crippen molar-refractivity contribution in [1.82, 2.24) is 9.80 Å². The minimum Gasteiger partial charge on any atom is -0.495 e. The highest BCUT2D eigenvalue weighted by molar-refractivity contribution is 5.76. The molecule has 140 valence electrons. The van der Waals surface area contributed by atoms with Crippen molar-refractivity contribution in [3.63, 3.8) is 0 Å². The van der Waals surface area contributed by atoms with Crippen molar-refractivity contribution in [3.05, 3.63) is 24.3 Å². The van der Waals surface area contributed by atoms with Gasteiger partial charge >= 0.3 is 0 Å². The molecule has 0 saturated carbocycles. The highest BCUT2D eigenvalue weighted by atomic mass is 16.5. The number of hydrogen-bond acceptors (Lipinski definition) is 4. The van der Waals surface area contributed by atoms with E-state index in [9.17, 15) is 4.79 Å². The Morgan fingerprint density at radius 1 is 1.04 bits per heavy atom. The van der Waals surface area contributed by atoms with Crippen LogP contribution < -0.4 is 9.64 Å². The number of benzene rings is 1. The topological polar surface area (TPSA) is 36.0 Å². The van der Waals surface area contributed by atoms with E-state index in [0.29, 0.717) is 6.42 Å². The van der Waals surface area contributed by atoms with Crippen molar-refractivity contribution in [2.75, 3.05) is 57.8 Å². The number of amides is 1. The van der Waals surface area contributed by atoms with Gasteiger partial charge in [0.1, 0.15) is 5.75 Å².